The number of ether oxygens (including phenoxy) is 4. The highest BCUT2D eigenvalue weighted by atomic mass is 16.5. The molecule has 0 aliphatic carbocycles. The standard InChI is InChI=1S/C32H26O6/c1-3-35-23-13-9-11-21(19-23)31(33)37-29-25-15-5-7-17-27(25)30(28-18-8-6-16-26(28)29)38-32(34)22-12-10-14-24(20-22)36-4-2/h5-20H,3-4H2,1-2H3. The zero-order valence-corrected chi connectivity index (χ0v) is 21.1. The summed E-state index contributed by atoms with van der Waals surface area (Å²) in [5, 5.41) is 2.58. The van der Waals surface area contributed by atoms with Crippen LogP contribution in [0.15, 0.2) is 97.1 Å². The van der Waals surface area contributed by atoms with Crippen LogP contribution in [0.2, 0.25) is 0 Å². The Hall–Kier alpha value is -4.84. The molecule has 5 aromatic carbocycles. The van der Waals surface area contributed by atoms with Crippen LogP contribution < -0.4 is 18.9 Å². The second-order valence-electron chi connectivity index (χ2n) is 8.45. The normalized spacial score (nSPS) is 10.8. The van der Waals surface area contributed by atoms with Crippen molar-refractivity contribution in [2.75, 3.05) is 13.2 Å². The van der Waals surface area contributed by atoms with Gasteiger partial charge in [0.15, 0.2) is 0 Å². The van der Waals surface area contributed by atoms with E-state index in [0.29, 0.717) is 68.9 Å². The summed E-state index contributed by atoms with van der Waals surface area (Å²) in [4.78, 5) is 26.4. The molecule has 0 radical (unpaired) electrons. The molecule has 0 bridgehead atoms. The van der Waals surface area contributed by atoms with E-state index in [1.165, 1.54) is 0 Å². The van der Waals surface area contributed by atoms with Crippen LogP contribution in [0.5, 0.6) is 23.0 Å². The van der Waals surface area contributed by atoms with Gasteiger partial charge in [-0.25, -0.2) is 9.59 Å². The van der Waals surface area contributed by atoms with Crippen molar-refractivity contribution >= 4 is 33.5 Å². The molecule has 5 aromatic rings. The fourth-order valence-corrected chi connectivity index (χ4v) is 4.33. The lowest BCUT2D eigenvalue weighted by atomic mass is 10.0. The lowest BCUT2D eigenvalue weighted by Gasteiger charge is -2.16. The van der Waals surface area contributed by atoms with Gasteiger partial charge in [-0.1, -0.05) is 60.7 Å². The minimum atomic E-state index is -0.514. The Morgan fingerprint density at radius 2 is 0.895 bits per heavy atom. The highest BCUT2D eigenvalue weighted by molar-refractivity contribution is 6.13. The van der Waals surface area contributed by atoms with Crippen LogP contribution in [0.25, 0.3) is 21.5 Å². The SMILES string of the molecule is CCOc1cccc(C(=O)Oc2c3ccccc3c(OC(=O)c3cccc(OCC)c3)c3ccccc23)c1. The third-order valence-corrected chi connectivity index (χ3v) is 5.98. The van der Waals surface area contributed by atoms with Crippen LogP contribution in [-0.4, -0.2) is 25.2 Å². The number of benzene rings is 5. The molecule has 0 atom stereocenters. The van der Waals surface area contributed by atoms with Gasteiger partial charge in [-0.05, 0) is 50.2 Å². The monoisotopic (exact) mass is 506 g/mol. The Morgan fingerprint density at radius 3 is 1.24 bits per heavy atom. The van der Waals surface area contributed by atoms with E-state index in [1.807, 2.05) is 62.4 Å². The van der Waals surface area contributed by atoms with Crippen molar-refractivity contribution in [2.45, 2.75) is 13.8 Å². The van der Waals surface area contributed by atoms with E-state index in [-0.39, 0.29) is 0 Å². The van der Waals surface area contributed by atoms with Crippen LogP contribution in [0, 0.1) is 0 Å². The van der Waals surface area contributed by atoms with Crippen LogP contribution >= 0.6 is 0 Å². The first-order chi connectivity index (χ1) is 18.6. The summed E-state index contributed by atoms with van der Waals surface area (Å²) in [6.45, 7) is 4.74. The van der Waals surface area contributed by atoms with Crippen molar-refractivity contribution in [1.82, 2.24) is 0 Å². The molecule has 0 saturated heterocycles. The molecule has 0 aliphatic heterocycles. The molecule has 0 aromatic heterocycles. The first-order valence-electron chi connectivity index (χ1n) is 12.4. The molecule has 0 saturated carbocycles. The number of hydrogen-bond acceptors (Lipinski definition) is 6. The van der Waals surface area contributed by atoms with Gasteiger partial charge in [-0.3, -0.25) is 0 Å². The van der Waals surface area contributed by atoms with Crippen LogP contribution in [0.3, 0.4) is 0 Å². The minimum absolute atomic E-state index is 0.369. The molecule has 6 heteroatoms. The molecule has 190 valence electrons. The summed E-state index contributed by atoms with van der Waals surface area (Å²) >= 11 is 0. The Labute approximate surface area is 220 Å². The Kier molecular flexibility index (Phi) is 7.22. The van der Waals surface area contributed by atoms with Crippen LogP contribution in [0.4, 0.5) is 0 Å². The van der Waals surface area contributed by atoms with Gasteiger partial charge in [0.25, 0.3) is 0 Å². The second-order valence-corrected chi connectivity index (χ2v) is 8.45. The van der Waals surface area contributed by atoms with Crippen molar-refractivity contribution < 1.29 is 28.5 Å². The highest BCUT2D eigenvalue weighted by Gasteiger charge is 2.21. The average Bonchev–Trinajstić information content (AvgIpc) is 2.95. The molecule has 6 nitrogen and oxygen atoms in total. The number of hydrogen-bond donors (Lipinski definition) is 0. The average molecular weight is 507 g/mol. The van der Waals surface area contributed by atoms with E-state index in [4.69, 9.17) is 18.9 Å². The molecular weight excluding hydrogens is 480 g/mol. The first-order valence-corrected chi connectivity index (χ1v) is 12.4. The van der Waals surface area contributed by atoms with Crippen LogP contribution in [0.1, 0.15) is 34.6 Å². The number of rotatable bonds is 8. The third kappa shape index (κ3) is 5.02. The lowest BCUT2D eigenvalue weighted by molar-refractivity contribution is 0.0726. The van der Waals surface area contributed by atoms with E-state index < -0.39 is 11.9 Å². The van der Waals surface area contributed by atoms with E-state index in [2.05, 4.69) is 0 Å². The van der Waals surface area contributed by atoms with E-state index in [1.54, 1.807) is 48.5 Å². The largest absolute Gasteiger partial charge is 0.494 e. The zero-order chi connectivity index (χ0) is 26.5. The van der Waals surface area contributed by atoms with E-state index >= 15 is 0 Å². The van der Waals surface area contributed by atoms with Gasteiger partial charge in [0.2, 0.25) is 0 Å². The molecule has 0 heterocycles. The zero-order valence-electron chi connectivity index (χ0n) is 21.1. The van der Waals surface area contributed by atoms with Gasteiger partial charge in [-0.15, -0.1) is 0 Å². The van der Waals surface area contributed by atoms with Gasteiger partial charge < -0.3 is 18.9 Å². The molecule has 0 unspecified atom stereocenters. The molecule has 0 spiro atoms. The first kappa shape index (κ1) is 24.8. The molecule has 38 heavy (non-hydrogen) atoms. The van der Waals surface area contributed by atoms with Crippen molar-refractivity contribution in [1.29, 1.82) is 0 Å². The van der Waals surface area contributed by atoms with Gasteiger partial charge in [0, 0.05) is 21.5 Å². The molecule has 5 rings (SSSR count). The van der Waals surface area contributed by atoms with Crippen LogP contribution in [-0.2, 0) is 0 Å². The number of carbonyl (C=O) groups is 2. The summed E-state index contributed by atoms with van der Waals surface area (Å²) in [5.41, 5.74) is 0.739. The molecular formula is C32H26O6. The topological polar surface area (TPSA) is 71.1 Å². The molecule has 0 amide bonds. The van der Waals surface area contributed by atoms with Gasteiger partial charge in [-0.2, -0.15) is 0 Å². The van der Waals surface area contributed by atoms with Gasteiger partial charge in [0.05, 0.1) is 24.3 Å². The number of fused-ring (bicyclic) bond motifs is 2. The Morgan fingerprint density at radius 1 is 0.526 bits per heavy atom. The molecule has 0 aliphatic rings. The summed E-state index contributed by atoms with van der Waals surface area (Å²) in [6.07, 6.45) is 0. The highest BCUT2D eigenvalue weighted by Crippen LogP contribution is 2.43. The Balaban J connectivity index is 1.58. The van der Waals surface area contributed by atoms with Crippen molar-refractivity contribution in [3.8, 4) is 23.0 Å². The maximum Gasteiger partial charge on any atom is 0.343 e. The smallest absolute Gasteiger partial charge is 0.343 e. The molecule has 0 N–H and O–H groups in total. The fourth-order valence-electron chi connectivity index (χ4n) is 4.33. The predicted molar refractivity (Wildman–Crippen MR) is 147 cm³/mol. The number of esters is 2. The van der Waals surface area contributed by atoms with Crippen molar-refractivity contribution in [3.05, 3.63) is 108 Å². The summed E-state index contributed by atoms with van der Waals surface area (Å²) < 4.78 is 23.1. The fraction of sp³-hybridized carbons (Fsp3) is 0.125. The third-order valence-electron chi connectivity index (χ3n) is 5.98. The Bertz CT molecular complexity index is 1460. The van der Waals surface area contributed by atoms with Gasteiger partial charge >= 0.3 is 11.9 Å². The number of carbonyl (C=O) groups excluding carboxylic acids is 2. The summed E-state index contributed by atoms with van der Waals surface area (Å²) in [5.74, 6) is 0.931. The minimum Gasteiger partial charge on any atom is -0.494 e. The maximum atomic E-state index is 13.2. The van der Waals surface area contributed by atoms with Crippen molar-refractivity contribution in [3.63, 3.8) is 0 Å². The lowest BCUT2D eigenvalue weighted by Crippen LogP contribution is -2.11. The summed E-state index contributed by atoms with van der Waals surface area (Å²) in [6, 6.07) is 28.5. The second kappa shape index (κ2) is 11.0. The van der Waals surface area contributed by atoms with E-state index in [0.717, 1.165) is 0 Å². The molecule has 0 fully saturated rings. The predicted octanol–water partition coefficient (Wildman–Crippen LogP) is 7.23. The quantitative estimate of drug-likeness (QED) is 0.126. The van der Waals surface area contributed by atoms with Crippen molar-refractivity contribution in [2.24, 2.45) is 0 Å². The summed E-state index contributed by atoms with van der Waals surface area (Å²) in [7, 11) is 0. The van der Waals surface area contributed by atoms with Gasteiger partial charge in [0.1, 0.15) is 23.0 Å². The van der Waals surface area contributed by atoms with E-state index in [9.17, 15) is 9.59 Å². The maximum absolute atomic E-state index is 13.2.